The zero-order valence-electron chi connectivity index (χ0n) is 9.59. The Balaban J connectivity index is 2.30. The van der Waals surface area contributed by atoms with Crippen molar-refractivity contribution in [3.63, 3.8) is 0 Å². The van der Waals surface area contributed by atoms with Gasteiger partial charge in [-0.05, 0) is 24.6 Å². The van der Waals surface area contributed by atoms with Gasteiger partial charge in [-0.15, -0.1) is 0 Å². The molecule has 0 atom stereocenters. The van der Waals surface area contributed by atoms with Gasteiger partial charge in [-0.3, -0.25) is 4.99 Å². The summed E-state index contributed by atoms with van der Waals surface area (Å²) in [5.74, 6) is 0. The number of benzene rings is 2. The van der Waals surface area contributed by atoms with E-state index in [9.17, 15) is 0 Å². The highest BCUT2D eigenvalue weighted by Crippen LogP contribution is 2.17. The van der Waals surface area contributed by atoms with Crippen molar-refractivity contribution < 1.29 is 0 Å². The number of hydrogen-bond acceptors (Lipinski definition) is 2. The molecule has 2 heteroatoms. The minimum atomic E-state index is 0.594. The predicted molar refractivity (Wildman–Crippen MR) is 69.6 cm³/mol. The van der Waals surface area contributed by atoms with Crippen molar-refractivity contribution in [1.29, 1.82) is 5.26 Å². The minimum absolute atomic E-state index is 0.594. The molecule has 0 unspecified atom stereocenters. The number of para-hydroxylation sites is 1. The molecular weight excluding hydrogens is 208 g/mol. The molecule has 2 rings (SSSR count). The summed E-state index contributed by atoms with van der Waals surface area (Å²) in [7, 11) is 0. The molecule has 0 saturated heterocycles. The zero-order chi connectivity index (χ0) is 12.1. The van der Waals surface area contributed by atoms with Gasteiger partial charge in [0.05, 0.1) is 11.3 Å². The van der Waals surface area contributed by atoms with Crippen LogP contribution in [0.15, 0.2) is 53.5 Å². The van der Waals surface area contributed by atoms with Gasteiger partial charge in [0, 0.05) is 6.21 Å². The van der Waals surface area contributed by atoms with Crippen LogP contribution in [0.5, 0.6) is 0 Å². The van der Waals surface area contributed by atoms with Crippen LogP contribution >= 0.6 is 0 Å². The van der Waals surface area contributed by atoms with Gasteiger partial charge in [-0.25, -0.2) is 0 Å². The topological polar surface area (TPSA) is 36.1 Å². The van der Waals surface area contributed by atoms with E-state index in [1.807, 2.05) is 43.3 Å². The van der Waals surface area contributed by atoms with E-state index in [-0.39, 0.29) is 0 Å². The van der Waals surface area contributed by atoms with Crippen LogP contribution in [0, 0.1) is 18.3 Å². The predicted octanol–water partition coefficient (Wildman–Crippen LogP) is 3.62. The SMILES string of the molecule is Cc1cccc(/C=N/c2ccccc2C#N)c1. The van der Waals surface area contributed by atoms with E-state index in [0.29, 0.717) is 11.3 Å². The van der Waals surface area contributed by atoms with Crippen molar-refractivity contribution in [1.82, 2.24) is 0 Å². The van der Waals surface area contributed by atoms with E-state index in [0.717, 1.165) is 5.56 Å². The Morgan fingerprint density at radius 3 is 2.71 bits per heavy atom. The third-order valence-electron chi connectivity index (χ3n) is 2.42. The first-order valence-electron chi connectivity index (χ1n) is 5.39. The third kappa shape index (κ3) is 2.79. The van der Waals surface area contributed by atoms with Crippen molar-refractivity contribution in [3.8, 4) is 6.07 Å². The summed E-state index contributed by atoms with van der Waals surface area (Å²) in [6.45, 7) is 2.04. The lowest BCUT2D eigenvalue weighted by atomic mass is 10.1. The molecule has 0 spiro atoms. The highest BCUT2D eigenvalue weighted by atomic mass is 14.7. The maximum atomic E-state index is 8.94. The number of aliphatic imine (C=N–C) groups is 1. The lowest BCUT2D eigenvalue weighted by Crippen LogP contribution is -1.82. The maximum absolute atomic E-state index is 8.94. The molecule has 0 aliphatic rings. The Morgan fingerprint density at radius 1 is 1.12 bits per heavy atom. The molecule has 0 aromatic heterocycles. The molecule has 2 nitrogen and oxygen atoms in total. The Labute approximate surface area is 101 Å². The molecule has 0 saturated carbocycles. The molecule has 0 bridgehead atoms. The second kappa shape index (κ2) is 5.09. The number of nitriles is 1. The van der Waals surface area contributed by atoms with Crippen molar-refractivity contribution in [3.05, 3.63) is 65.2 Å². The summed E-state index contributed by atoms with van der Waals surface area (Å²) in [6, 6.07) is 17.5. The molecule has 82 valence electrons. The van der Waals surface area contributed by atoms with Gasteiger partial charge in [0.2, 0.25) is 0 Å². The molecule has 2 aromatic rings. The molecular formula is C15H12N2. The first-order chi connectivity index (χ1) is 8.29. The Bertz CT molecular complexity index is 592. The summed E-state index contributed by atoms with van der Waals surface area (Å²) in [6.07, 6.45) is 1.78. The summed E-state index contributed by atoms with van der Waals surface area (Å²) in [4.78, 5) is 4.34. The van der Waals surface area contributed by atoms with Gasteiger partial charge in [-0.2, -0.15) is 5.26 Å². The van der Waals surface area contributed by atoms with Crippen molar-refractivity contribution in [2.24, 2.45) is 4.99 Å². The first-order valence-corrected chi connectivity index (χ1v) is 5.39. The highest BCUT2D eigenvalue weighted by Gasteiger charge is 1.96. The first kappa shape index (κ1) is 11.1. The maximum Gasteiger partial charge on any atom is 0.101 e. The molecule has 0 amide bonds. The van der Waals surface area contributed by atoms with Gasteiger partial charge in [0.15, 0.2) is 0 Å². The van der Waals surface area contributed by atoms with E-state index in [4.69, 9.17) is 5.26 Å². The van der Waals surface area contributed by atoms with Gasteiger partial charge in [0.1, 0.15) is 6.07 Å². The molecule has 2 aromatic carbocycles. The fourth-order valence-electron chi connectivity index (χ4n) is 1.58. The average molecular weight is 220 g/mol. The molecule has 0 fully saturated rings. The van der Waals surface area contributed by atoms with E-state index in [1.165, 1.54) is 5.56 Å². The summed E-state index contributed by atoms with van der Waals surface area (Å²) in [5.41, 5.74) is 3.54. The monoisotopic (exact) mass is 220 g/mol. The molecule has 0 N–H and O–H groups in total. The van der Waals surface area contributed by atoms with Crippen LogP contribution in [0.4, 0.5) is 5.69 Å². The van der Waals surface area contributed by atoms with Gasteiger partial charge in [-0.1, -0.05) is 42.0 Å². The normalized spacial score (nSPS) is 10.4. The fourth-order valence-corrected chi connectivity index (χ4v) is 1.58. The number of hydrogen-bond donors (Lipinski definition) is 0. The summed E-state index contributed by atoms with van der Waals surface area (Å²) in [5, 5.41) is 8.94. The van der Waals surface area contributed by atoms with Crippen LogP contribution < -0.4 is 0 Å². The molecule has 0 aliphatic carbocycles. The second-order valence-corrected chi connectivity index (χ2v) is 3.80. The Morgan fingerprint density at radius 2 is 1.94 bits per heavy atom. The highest BCUT2D eigenvalue weighted by molar-refractivity contribution is 5.82. The minimum Gasteiger partial charge on any atom is -0.255 e. The zero-order valence-corrected chi connectivity index (χ0v) is 9.59. The second-order valence-electron chi connectivity index (χ2n) is 3.80. The molecule has 0 radical (unpaired) electrons. The average Bonchev–Trinajstić information content (AvgIpc) is 2.37. The quantitative estimate of drug-likeness (QED) is 0.712. The number of rotatable bonds is 2. The van der Waals surface area contributed by atoms with Crippen LogP contribution in [0.3, 0.4) is 0 Å². The molecule has 0 aliphatic heterocycles. The summed E-state index contributed by atoms with van der Waals surface area (Å²) < 4.78 is 0. The number of aryl methyl sites for hydroxylation is 1. The smallest absolute Gasteiger partial charge is 0.101 e. The molecule has 17 heavy (non-hydrogen) atoms. The molecule has 0 heterocycles. The lowest BCUT2D eigenvalue weighted by Gasteiger charge is -1.97. The summed E-state index contributed by atoms with van der Waals surface area (Å²) >= 11 is 0. The van der Waals surface area contributed by atoms with Crippen molar-refractivity contribution >= 4 is 11.9 Å². The van der Waals surface area contributed by atoms with E-state index in [2.05, 4.69) is 17.1 Å². The van der Waals surface area contributed by atoms with E-state index in [1.54, 1.807) is 12.3 Å². The fraction of sp³-hybridized carbons (Fsp3) is 0.0667. The largest absolute Gasteiger partial charge is 0.255 e. The number of nitrogens with zero attached hydrogens (tertiary/aromatic N) is 2. The van der Waals surface area contributed by atoms with Crippen molar-refractivity contribution in [2.45, 2.75) is 6.92 Å². The van der Waals surface area contributed by atoms with Crippen LogP contribution in [-0.2, 0) is 0 Å². The van der Waals surface area contributed by atoms with Crippen LogP contribution in [0.25, 0.3) is 0 Å². The van der Waals surface area contributed by atoms with Crippen LogP contribution in [0.1, 0.15) is 16.7 Å². The van der Waals surface area contributed by atoms with Gasteiger partial charge < -0.3 is 0 Å². The van der Waals surface area contributed by atoms with Crippen molar-refractivity contribution in [2.75, 3.05) is 0 Å². The third-order valence-corrected chi connectivity index (χ3v) is 2.42. The Kier molecular flexibility index (Phi) is 3.32. The van der Waals surface area contributed by atoms with Gasteiger partial charge in [0.25, 0.3) is 0 Å². The lowest BCUT2D eigenvalue weighted by molar-refractivity contribution is 1.43. The Hall–Kier alpha value is -2.40. The van der Waals surface area contributed by atoms with Gasteiger partial charge >= 0.3 is 0 Å². The van der Waals surface area contributed by atoms with Crippen LogP contribution in [-0.4, -0.2) is 6.21 Å². The van der Waals surface area contributed by atoms with E-state index >= 15 is 0 Å². The van der Waals surface area contributed by atoms with Crippen LogP contribution in [0.2, 0.25) is 0 Å². The van der Waals surface area contributed by atoms with E-state index < -0.39 is 0 Å². The standard InChI is InChI=1S/C15H12N2/c1-12-5-4-6-13(9-12)11-17-15-8-3-2-7-14(15)10-16/h2-9,11H,1H3/b17-11+.